The molecule has 0 radical (unpaired) electrons. The van der Waals surface area contributed by atoms with Crippen LogP contribution in [0.4, 0.5) is 11.4 Å². The van der Waals surface area contributed by atoms with Crippen LogP contribution < -0.4 is 10.6 Å². The molecule has 0 bridgehead atoms. The van der Waals surface area contributed by atoms with E-state index in [9.17, 15) is 13.2 Å². The molecule has 1 aliphatic rings. The van der Waals surface area contributed by atoms with Gasteiger partial charge in [-0.2, -0.15) is 4.98 Å². The summed E-state index contributed by atoms with van der Waals surface area (Å²) >= 11 is 0. The molecule has 1 fully saturated rings. The van der Waals surface area contributed by atoms with Gasteiger partial charge in [-0.15, -0.1) is 0 Å². The van der Waals surface area contributed by atoms with Gasteiger partial charge in [-0.25, -0.2) is 17.7 Å². The molecule has 0 unspecified atom stereocenters. The highest BCUT2D eigenvalue weighted by Gasteiger charge is 2.39. The number of carbonyl (C=O) groups is 1. The third-order valence-corrected chi connectivity index (χ3v) is 8.37. The van der Waals surface area contributed by atoms with Crippen LogP contribution in [-0.2, 0) is 10.0 Å². The predicted octanol–water partition coefficient (Wildman–Crippen LogP) is 3.52. The minimum absolute atomic E-state index is 0.125. The lowest BCUT2D eigenvalue weighted by Gasteiger charge is -2.35. The van der Waals surface area contributed by atoms with Crippen molar-refractivity contribution in [2.24, 2.45) is 0 Å². The standard InChI is InChI=1S/C25H29N7O4S/c1-4-10-37(34,35)31-13-18(14-31)25-29-23(30-36-25)17-7-6-16(3)20(11-17)28-24(33)21-12-27-22-9-8-19(26-5-2)15-32(21)22/h6-9,11-12,15,18,26H,4-5,10,13-14H2,1-3H3,(H,28,33). The molecule has 0 spiro atoms. The molecule has 0 aliphatic carbocycles. The Labute approximate surface area is 214 Å². The van der Waals surface area contributed by atoms with Gasteiger partial charge in [-0.3, -0.25) is 9.20 Å². The second kappa shape index (κ2) is 9.94. The lowest BCUT2D eigenvalue weighted by atomic mass is 10.0. The van der Waals surface area contributed by atoms with Crippen molar-refractivity contribution >= 4 is 33.0 Å². The first-order valence-corrected chi connectivity index (χ1v) is 13.8. The van der Waals surface area contributed by atoms with Crippen LogP contribution in [0.3, 0.4) is 0 Å². The number of pyridine rings is 1. The summed E-state index contributed by atoms with van der Waals surface area (Å²) in [4.78, 5) is 22.0. The SMILES string of the molecule is CCCS(=O)(=O)N1CC(c2nc(-c3ccc(C)c(NC(=O)c4cnc5ccc(NCC)cn45)c3)no2)C1. The van der Waals surface area contributed by atoms with Gasteiger partial charge in [0.05, 0.1) is 23.6 Å². The molecule has 12 heteroatoms. The van der Waals surface area contributed by atoms with E-state index in [1.165, 1.54) is 4.31 Å². The molecular weight excluding hydrogens is 494 g/mol. The van der Waals surface area contributed by atoms with Gasteiger partial charge in [-0.05, 0) is 44.0 Å². The lowest BCUT2D eigenvalue weighted by Crippen LogP contribution is -2.49. The van der Waals surface area contributed by atoms with E-state index in [1.807, 2.05) is 51.2 Å². The zero-order valence-corrected chi connectivity index (χ0v) is 21.7. The molecule has 37 heavy (non-hydrogen) atoms. The topological polar surface area (TPSA) is 135 Å². The molecular formula is C25H29N7O4S. The van der Waals surface area contributed by atoms with E-state index in [2.05, 4.69) is 25.8 Å². The van der Waals surface area contributed by atoms with E-state index >= 15 is 0 Å². The molecule has 4 aromatic rings. The maximum atomic E-state index is 13.2. The number of hydrogen-bond donors (Lipinski definition) is 2. The van der Waals surface area contributed by atoms with Crippen LogP contribution in [0, 0.1) is 6.92 Å². The summed E-state index contributed by atoms with van der Waals surface area (Å²) in [5, 5.41) is 10.3. The molecule has 11 nitrogen and oxygen atoms in total. The average Bonchev–Trinajstić information content (AvgIpc) is 3.47. The van der Waals surface area contributed by atoms with Crippen molar-refractivity contribution in [3.63, 3.8) is 0 Å². The minimum Gasteiger partial charge on any atom is -0.384 e. The first-order chi connectivity index (χ1) is 17.8. The van der Waals surface area contributed by atoms with E-state index < -0.39 is 10.0 Å². The van der Waals surface area contributed by atoms with Crippen molar-refractivity contribution in [3.05, 3.63) is 59.9 Å². The van der Waals surface area contributed by atoms with Crippen molar-refractivity contribution in [1.29, 1.82) is 0 Å². The second-order valence-electron chi connectivity index (χ2n) is 9.09. The minimum atomic E-state index is -3.23. The number of anilines is 2. The van der Waals surface area contributed by atoms with Crippen LogP contribution >= 0.6 is 0 Å². The molecule has 194 valence electrons. The highest BCUT2D eigenvalue weighted by atomic mass is 32.2. The Balaban J connectivity index is 1.32. The Hall–Kier alpha value is -3.77. The number of hydrogen-bond acceptors (Lipinski definition) is 8. The number of rotatable bonds is 9. The Morgan fingerprint density at radius 3 is 2.76 bits per heavy atom. The van der Waals surface area contributed by atoms with E-state index in [4.69, 9.17) is 4.52 Å². The maximum absolute atomic E-state index is 13.2. The number of nitrogens with one attached hydrogen (secondary N) is 2. The van der Waals surface area contributed by atoms with Crippen molar-refractivity contribution < 1.29 is 17.7 Å². The number of carbonyl (C=O) groups excluding carboxylic acids is 1. The summed E-state index contributed by atoms with van der Waals surface area (Å²) in [6, 6.07) is 9.31. The summed E-state index contributed by atoms with van der Waals surface area (Å²) in [6.45, 7) is 7.20. The quantitative estimate of drug-likeness (QED) is 0.340. The van der Waals surface area contributed by atoms with Gasteiger partial charge in [0.2, 0.25) is 21.7 Å². The van der Waals surface area contributed by atoms with Gasteiger partial charge in [0.1, 0.15) is 11.3 Å². The number of fused-ring (bicyclic) bond motifs is 1. The Morgan fingerprint density at radius 1 is 1.19 bits per heavy atom. The van der Waals surface area contributed by atoms with E-state index in [0.29, 0.717) is 53.8 Å². The van der Waals surface area contributed by atoms with Crippen LogP contribution in [-0.4, -0.2) is 63.5 Å². The third-order valence-electron chi connectivity index (χ3n) is 6.36. The number of aromatic nitrogens is 4. The van der Waals surface area contributed by atoms with E-state index in [0.717, 1.165) is 17.8 Å². The second-order valence-corrected chi connectivity index (χ2v) is 11.2. The first-order valence-electron chi connectivity index (χ1n) is 12.2. The molecule has 2 N–H and O–H groups in total. The summed E-state index contributed by atoms with van der Waals surface area (Å²) < 4.78 is 33.0. The van der Waals surface area contributed by atoms with Crippen LogP contribution in [0.15, 0.2) is 47.2 Å². The van der Waals surface area contributed by atoms with Crippen molar-refractivity contribution in [2.75, 3.05) is 36.0 Å². The van der Waals surface area contributed by atoms with Crippen molar-refractivity contribution in [2.45, 2.75) is 33.1 Å². The van der Waals surface area contributed by atoms with Crippen molar-refractivity contribution in [3.8, 4) is 11.4 Å². The Kier molecular flexibility index (Phi) is 6.69. The zero-order chi connectivity index (χ0) is 26.2. The van der Waals surface area contributed by atoms with Gasteiger partial charge in [0, 0.05) is 37.1 Å². The number of aryl methyl sites for hydroxylation is 1. The molecule has 4 heterocycles. The lowest BCUT2D eigenvalue weighted by molar-refractivity contribution is 0.102. The fraction of sp³-hybridized carbons (Fsp3) is 0.360. The molecule has 1 amide bonds. The van der Waals surface area contributed by atoms with Gasteiger partial charge in [0.25, 0.3) is 5.91 Å². The molecule has 0 saturated carbocycles. The number of amides is 1. The maximum Gasteiger partial charge on any atom is 0.274 e. The summed E-state index contributed by atoms with van der Waals surface area (Å²) in [5.41, 5.74) is 4.15. The number of benzene rings is 1. The van der Waals surface area contributed by atoms with Crippen LogP contribution in [0.2, 0.25) is 0 Å². The molecule has 3 aromatic heterocycles. The molecule has 1 aliphatic heterocycles. The molecule has 0 atom stereocenters. The van der Waals surface area contributed by atoms with Crippen LogP contribution in [0.25, 0.3) is 17.0 Å². The van der Waals surface area contributed by atoms with Crippen LogP contribution in [0.1, 0.15) is 48.1 Å². The summed E-state index contributed by atoms with van der Waals surface area (Å²) in [5.74, 6) is 0.507. The smallest absolute Gasteiger partial charge is 0.274 e. The Morgan fingerprint density at radius 2 is 2.00 bits per heavy atom. The van der Waals surface area contributed by atoms with E-state index in [-0.39, 0.29) is 17.6 Å². The highest BCUT2D eigenvalue weighted by molar-refractivity contribution is 7.89. The number of sulfonamides is 1. The van der Waals surface area contributed by atoms with Gasteiger partial charge >= 0.3 is 0 Å². The fourth-order valence-electron chi connectivity index (χ4n) is 4.27. The van der Waals surface area contributed by atoms with Crippen molar-refractivity contribution in [1.82, 2.24) is 23.8 Å². The van der Waals surface area contributed by atoms with Crippen LogP contribution in [0.5, 0.6) is 0 Å². The first kappa shape index (κ1) is 24.9. The average molecular weight is 524 g/mol. The third kappa shape index (κ3) is 4.94. The number of imidazole rings is 1. The summed E-state index contributed by atoms with van der Waals surface area (Å²) in [6.07, 6.45) is 3.97. The Bertz CT molecular complexity index is 1550. The molecule has 1 aromatic carbocycles. The predicted molar refractivity (Wildman–Crippen MR) is 140 cm³/mol. The van der Waals surface area contributed by atoms with Gasteiger partial charge < -0.3 is 15.2 Å². The highest BCUT2D eigenvalue weighted by Crippen LogP contribution is 2.31. The molecule has 5 rings (SSSR count). The normalized spacial score (nSPS) is 14.6. The molecule has 1 saturated heterocycles. The largest absolute Gasteiger partial charge is 0.384 e. The monoisotopic (exact) mass is 523 g/mol. The number of nitrogens with zero attached hydrogens (tertiary/aromatic N) is 5. The zero-order valence-electron chi connectivity index (χ0n) is 20.9. The van der Waals surface area contributed by atoms with Gasteiger partial charge in [0.15, 0.2) is 0 Å². The summed E-state index contributed by atoms with van der Waals surface area (Å²) in [7, 11) is -3.23. The van der Waals surface area contributed by atoms with E-state index in [1.54, 1.807) is 16.7 Å². The fourth-order valence-corrected chi connectivity index (χ4v) is 5.85. The van der Waals surface area contributed by atoms with Gasteiger partial charge in [-0.1, -0.05) is 24.2 Å².